The Hall–Kier alpha value is -0.650. The Morgan fingerprint density at radius 2 is 2.17 bits per heavy atom. The number of esters is 1. The number of ether oxygens (including phenoxy) is 1. The highest BCUT2D eigenvalue weighted by Gasteiger charge is 2.34. The molecule has 0 aromatic rings. The maximum absolute atomic E-state index is 11.7. The van der Waals surface area contributed by atoms with E-state index in [-0.39, 0.29) is 5.97 Å². The van der Waals surface area contributed by atoms with E-state index in [1.54, 1.807) is 6.92 Å². The molecule has 18 heavy (non-hydrogen) atoms. The highest BCUT2D eigenvalue weighted by atomic mass is 16.5. The molecule has 0 bridgehead atoms. The van der Waals surface area contributed by atoms with Crippen molar-refractivity contribution in [3.05, 3.63) is 0 Å². The minimum atomic E-state index is -0.926. The topological polar surface area (TPSA) is 58.8 Å². The van der Waals surface area contributed by atoms with Gasteiger partial charge in [-0.2, -0.15) is 0 Å². The zero-order valence-corrected chi connectivity index (χ0v) is 12.1. The Morgan fingerprint density at radius 1 is 1.50 bits per heavy atom. The molecule has 106 valence electrons. The first kappa shape index (κ1) is 15.4. The van der Waals surface area contributed by atoms with Crippen molar-refractivity contribution in [1.82, 2.24) is 9.80 Å². The van der Waals surface area contributed by atoms with Crippen molar-refractivity contribution in [1.29, 1.82) is 0 Å². The maximum atomic E-state index is 11.7. The molecule has 0 aliphatic carbocycles. The molecule has 2 unspecified atom stereocenters. The Morgan fingerprint density at radius 3 is 2.72 bits per heavy atom. The van der Waals surface area contributed by atoms with E-state index in [9.17, 15) is 4.79 Å². The van der Waals surface area contributed by atoms with Crippen LogP contribution in [0.1, 0.15) is 26.7 Å². The van der Waals surface area contributed by atoms with Crippen molar-refractivity contribution in [3.8, 4) is 0 Å². The summed E-state index contributed by atoms with van der Waals surface area (Å²) in [5.41, 5.74) is 5.15. The van der Waals surface area contributed by atoms with Gasteiger partial charge in [0.05, 0.1) is 7.11 Å². The monoisotopic (exact) mass is 257 g/mol. The van der Waals surface area contributed by atoms with E-state index in [2.05, 4.69) is 23.8 Å². The molecule has 1 rings (SSSR count). The molecule has 5 nitrogen and oxygen atoms in total. The predicted octanol–water partition coefficient (Wildman–Crippen LogP) is 0.293. The molecule has 2 N–H and O–H groups in total. The van der Waals surface area contributed by atoms with E-state index >= 15 is 0 Å². The Bertz CT molecular complexity index is 281. The van der Waals surface area contributed by atoms with Gasteiger partial charge in [0.2, 0.25) is 0 Å². The number of carbonyl (C=O) groups is 1. The Balaban J connectivity index is 2.70. The summed E-state index contributed by atoms with van der Waals surface area (Å²) in [6, 6.07) is 0.463. The van der Waals surface area contributed by atoms with E-state index in [1.807, 2.05) is 0 Å². The highest BCUT2D eigenvalue weighted by Crippen LogP contribution is 2.15. The Labute approximate surface area is 110 Å². The molecule has 1 fully saturated rings. The lowest BCUT2D eigenvalue weighted by Gasteiger charge is -2.35. The van der Waals surface area contributed by atoms with E-state index in [4.69, 9.17) is 10.5 Å². The van der Waals surface area contributed by atoms with Gasteiger partial charge in [0, 0.05) is 19.1 Å². The number of carbonyl (C=O) groups excluding carboxylic acids is 1. The van der Waals surface area contributed by atoms with E-state index in [1.165, 1.54) is 7.11 Å². The Kier molecular flexibility index (Phi) is 5.56. The van der Waals surface area contributed by atoms with Crippen molar-refractivity contribution in [2.75, 3.05) is 40.3 Å². The molecule has 0 saturated carbocycles. The number of nitrogens with zero attached hydrogens (tertiary/aromatic N) is 2. The van der Waals surface area contributed by atoms with Crippen LogP contribution in [-0.4, -0.2) is 67.7 Å². The summed E-state index contributed by atoms with van der Waals surface area (Å²) in [5.74, 6) is -0.338. The van der Waals surface area contributed by atoms with Gasteiger partial charge in [-0.3, -0.25) is 9.69 Å². The van der Waals surface area contributed by atoms with E-state index in [0.717, 1.165) is 32.5 Å². The van der Waals surface area contributed by atoms with Crippen LogP contribution >= 0.6 is 0 Å². The average Bonchev–Trinajstić information content (AvgIpc) is 2.49. The van der Waals surface area contributed by atoms with Crippen LogP contribution in [0.3, 0.4) is 0 Å². The third kappa shape index (κ3) is 3.93. The summed E-state index contributed by atoms with van der Waals surface area (Å²) in [6.45, 7) is 7.63. The first-order chi connectivity index (χ1) is 8.40. The molecule has 1 aliphatic heterocycles. The standard InChI is InChI=1S/C13H27N3O2/c1-5-11-9-15(3)7-6-8-16(11)10-13(2,14)12(17)18-4/h11H,5-10,14H2,1-4H3. The fourth-order valence-corrected chi connectivity index (χ4v) is 2.61. The SMILES string of the molecule is CCC1CN(C)CCCN1CC(C)(N)C(=O)OC. The third-order valence-electron chi connectivity index (χ3n) is 3.68. The van der Waals surface area contributed by atoms with Gasteiger partial charge in [-0.1, -0.05) is 6.92 Å². The molecule has 1 aliphatic rings. The fraction of sp³-hybridized carbons (Fsp3) is 0.923. The van der Waals surface area contributed by atoms with Crippen molar-refractivity contribution in [2.24, 2.45) is 5.73 Å². The number of likely N-dealkylation sites (N-methyl/N-ethyl adjacent to an activating group) is 1. The van der Waals surface area contributed by atoms with Crippen LogP contribution < -0.4 is 5.73 Å². The van der Waals surface area contributed by atoms with Crippen LogP contribution in [0.5, 0.6) is 0 Å². The molecule has 1 heterocycles. The first-order valence-corrected chi connectivity index (χ1v) is 6.70. The minimum absolute atomic E-state index is 0.338. The van der Waals surface area contributed by atoms with Gasteiger partial charge in [-0.25, -0.2) is 0 Å². The zero-order chi connectivity index (χ0) is 13.8. The average molecular weight is 257 g/mol. The normalized spacial score (nSPS) is 26.4. The summed E-state index contributed by atoms with van der Waals surface area (Å²) >= 11 is 0. The van der Waals surface area contributed by atoms with Crippen LogP contribution in [0, 0.1) is 0 Å². The second-order valence-corrected chi connectivity index (χ2v) is 5.56. The largest absolute Gasteiger partial charge is 0.468 e. The number of hydrogen-bond donors (Lipinski definition) is 1. The second kappa shape index (κ2) is 6.50. The molecule has 2 atom stereocenters. The van der Waals surface area contributed by atoms with Crippen molar-refractivity contribution < 1.29 is 9.53 Å². The van der Waals surface area contributed by atoms with E-state index in [0.29, 0.717) is 12.6 Å². The minimum Gasteiger partial charge on any atom is -0.468 e. The summed E-state index contributed by atoms with van der Waals surface area (Å²) in [4.78, 5) is 16.3. The fourth-order valence-electron chi connectivity index (χ4n) is 2.61. The summed E-state index contributed by atoms with van der Waals surface area (Å²) in [5, 5.41) is 0. The van der Waals surface area contributed by atoms with Gasteiger partial charge in [0.1, 0.15) is 5.54 Å². The van der Waals surface area contributed by atoms with Gasteiger partial charge in [-0.15, -0.1) is 0 Å². The molecule has 0 amide bonds. The third-order valence-corrected chi connectivity index (χ3v) is 3.68. The lowest BCUT2D eigenvalue weighted by Crippen LogP contribution is -2.57. The molecule has 5 heteroatoms. The van der Waals surface area contributed by atoms with Crippen LogP contribution in [0.2, 0.25) is 0 Å². The molecule has 0 aromatic heterocycles. The molecule has 0 spiro atoms. The summed E-state index contributed by atoms with van der Waals surface area (Å²) in [7, 11) is 3.54. The van der Waals surface area contributed by atoms with Crippen molar-refractivity contribution >= 4 is 5.97 Å². The van der Waals surface area contributed by atoms with Gasteiger partial charge in [-0.05, 0) is 39.9 Å². The van der Waals surface area contributed by atoms with Gasteiger partial charge < -0.3 is 15.4 Å². The highest BCUT2D eigenvalue weighted by molar-refractivity contribution is 5.80. The number of hydrogen-bond acceptors (Lipinski definition) is 5. The lowest BCUT2D eigenvalue weighted by atomic mass is 10.0. The quantitative estimate of drug-likeness (QED) is 0.734. The van der Waals surface area contributed by atoms with Crippen LogP contribution in [0.4, 0.5) is 0 Å². The number of methoxy groups -OCH3 is 1. The van der Waals surface area contributed by atoms with Gasteiger partial charge in [0.15, 0.2) is 0 Å². The summed E-state index contributed by atoms with van der Waals surface area (Å²) < 4.78 is 4.78. The first-order valence-electron chi connectivity index (χ1n) is 6.70. The van der Waals surface area contributed by atoms with Crippen molar-refractivity contribution in [2.45, 2.75) is 38.3 Å². The smallest absolute Gasteiger partial charge is 0.326 e. The van der Waals surface area contributed by atoms with Gasteiger partial charge >= 0.3 is 5.97 Å². The van der Waals surface area contributed by atoms with E-state index < -0.39 is 5.54 Å². The van der Waals surface area contributed by atoms with Crippen molar-refractivity contribution in [3.63, 3.8) is 0 Å². The number of rotatable bonds is 4. The maximum Gasteiger partial charge on any atom is 0.326 e. The molecule has 0 radical (unpaired) electrons. The molecular formula is C13H27N3O2. The molecule has 1 saturated heterocycles. The van der Waals surface area contributed by atoms with Crippen LogP contribution in [0.15, 0.2) is 0 Å². The van der Waals surface area contributed by atoms with Crippen LogP contribution in [0.25, 0.3) is 0 Å². The summed E-state index contributed by atoms with van der Waals surface area (Å²) in [6.07, 6.45) is 2.19. The number of nitrogens with two attached hydrogens (primary N) is 1. The lowest BCUT2D eigenvalue weighted by molar-refractivity contribution is -0.147. The molecular weight excluding hydrogens is 230 g/mol. The second-order valence-electron chi connectivity index (χ2n) is 5.56. The predicted molar refractivity (Wildman–Crippen MR) is 72.4 cm³/mol. The van der Waals surface area contributed by atoms with Crippen LogP contribution in [-0.2, 0) is 9.53 Å². The molecule has 0 aromatic carbocycles. The zero-order valence-electron chi connectivity index (χ0n) is 12.1. The van der Waals surface area contributed by atoms with Gasteiger partial charge in [0.25, 0.3) is 0 Å².